The molecule has 0 amide bonds. The largest absolute Gasteiger partial charge is 0.345 e. The van der Waals surface area contributed by atoms with Gasteiger partial charge >= 0.3 is 0 Å². The molecular formula is C25H36N8O2S2. The number of sulfonamides is 1. The Kier molecular flexibility index (Phi) is 7.64. The van der Waals surface area contributed by atoms with E-state index in [9.17, 15) is 8.42 Å². The Bertz CT molecular complexity index is 1260. The maximum absolute atomic E-state index is 13.3. The number of piperazine rings is 2. The topological polar surface area (TPSA) is 102 Å². The van der Waals surface area contributed by atoms with Crippen molar-refractivity contribution in [3.63, 3.8) is 0 Å². The lowest BCUT2D eigenvalue weighted by molar-refractivity contribution is 0.177. The molecule has 5 rings (SSSR count). The molecule has 0 atom stereocenters. The first-order valence-corrected chi connectivity index (χ1v) is 15.1. The minimum Gasteiger partial charge on any atom is -0.345 e. The minimum absolute atomic E-state index is 0.0382. The third-order valence-corrected chi connectivity index (χ3v) is 10.9. The van der Waals surface area contributed by atoms with Crippen LogP contribution < -0.4 is 4.90 Å². The maximum Gasteiger partial charge on any atom is 0.254 e. The maximum atomic E-state index is 13.3. The molecular weight excluding hydrogens is 508 g/mol. The summed E-state index contributed by atoms with van der Waals surface area (Å²) in [7, 11) is -1.44. The fraction of sp³-hybridized carbons (Fsp3) is 0.560. The van der Waals surface area contributed by atoms with E-state index >= 15 is 0 Å². The average Bonchev–Trinajstić information content (AvgIpc) is 3.28. The van der Waals surface area contributed by atoms with Crippen LogP contribution in [0, 0.1) is 5.41 Å². The lowest BCUT2D eigenvalue weighted by Crippen LogP contribution is -2.48. The van der Waals surface area contributed by atoms with E-state index in [1.54, 1.807) is 4.31 Å². The fourth-order valence-electron chi connectivity index (χ4n) is 4.88. The van der Waals surface area contributed by atoms with Crippen molar-refractivity contribution in [1.29, 1.82) is 5.41 Å². The van der Waals surface area contributed by atoms with E-state index in [1.165, 1.54) is 23.7 Å². The zero-order valence-electron chi connectivity index (χ0n) is 21.6. The van der Waals surface area contributed by atoms with Gasteiger partial charge in [-0.3, -0.25) is 4.90 Å². The van der Waals surface area contributed by atoms with Crippen molar-refractivity contribution in [2.45, 2.75) is 36.1 Å². The highest BCUT2D eigenvalue weighted by atomic mass is 32.2. The molecule has 200 valence electrons. The van der Waals surface area contributed by atoms with Crippen molar-refractivity contribution in [1.82, 2.24) is 28.6 Å². The monoisotopic (exact) mass is 544 g/mol. The van der Waals surface area contributed by atoms with Gasteiger partial charge in [0.1, 0.15) is 0 Å². The quantitative estimate of drug-likeness (QED) is 0.382. The second-order valence-electron chi connectivity index (χ2n) is 10.2. The number of likely N-dealkylation sites (N-methyl/N-ethyl adjacent to an activating group) is 1. The summed E-state index contributed by atoms with van der Waals surface area (Å²) in [6, 6.07) is 0. The lowest BCUT2D eigenvalue weighted by atomic mass is 10.2. The van der Waals surface area contributed by atoms with Gasteiger partial charge in [-0.1, -0.05) is 29.6 Å². The summed E-state index contributed by atoms with van der Waals surface area (Å²) in [6.45, 7) is 8.62. The second-order valence-corrected chi connectivity index (χ2v) is 13.4. The van der Waals surface area contributed by atoms with E-state index in [1.807, 2.05) is 31.6 Å². The van der Waals surface area contributed by atoms with Crippen molar-refractivity contribution < 1.29 is 8.42 Å². The molecule has 1 N–H and O–H groups in total. The van der Waals surface area contributed by atoms with E-state index in [2.05, 4.69) is 42.4 Å². The van der Waals surface area contributed by atoms with Gasteiger partial charge in [0, 0.05) is 71.3 Å². The van der Waals surface area contributed by atoms with Crippen LogP contribution in [0.3, 0.4) is 0 Å². The zero-order chi connectivity index (χ0) is 26.0. The summed E-state index contributed by atoms with van der Waals surface area (Å²) >= 11 is 1.29. The number of nitrogens with zero attached hydrogens (tertiary/aromatic N) is 7. The SMILES string of the molecule is C/C(C=N)=C/C=C/C1(n2cncc2CN2CCN(S(=O)(=O)c3cnc(N4CCN(C)CC4)s3)CC2)CC1. The molecule has 0 spiro atoms. The Balaban J connectivity index is 1.19. The molecule has 0 radical (unpaired) electrons. The highest BCUT2D eigenvalue weighted by molar-refractivity contribution is 7.91. The molecule has 1 saturated carbocycles. The zero-order valence-corrected chi connectivity index (χ0v) is 23.2. The van der Waals surface area contributed by atoms with Gasteiger partial charge in [-0.25, -0.2) is 18.4 Å². The van der Waals surface area contributed by atoms with Crippen LogP contribution in [-0.4, -0.2) is 103 Å². The standard InChI is InChI=1S/C25H36N8O2S2/c1-21(16-26)4-3-5-25(6-7-25)33-20-27-17-22(33)19-30-10-14-32(15-11-30)37(34,35)23-18-28-24(36-23)31-12-8-29(2)9-13-31/h3-5,16-18,20,26H,6-15,19H2,1-2H3/b5-3+,21-4-,26-16?. The molecule has 0 aromatic carbocycles. The van der Waals surface area contributed by atoms with Gasteiger partial charge in [0.25, 0.3) is 10.0 Å². The molecule has 0 bridgehead atoms. The predicted octanol–water partition coefficient (Wildman–Crippen LogP) is 2.24. The van der Waals surface area contributed by atoms with Gasteiger partial charge in [-0.2, -0.15) is 4.31 Å². The Morgan fingerprint density at radius 1 is 1.11 bits per heavy atom. The summed E-state index contributed by atoms with van der Waals surface area (Å²) in [6.07, 6.45) is 15.1. The number of allylic oxidation sites excluding steroid dienone is 4. The Labute approximate surface area is 223 Å². The van der Waals surface area contributed by atoms with E-state index in [-0.39, 0.29) is 5.54 Å². The van der Waals surface area contributed by atoms with Gasteiger partial charge in [0.15, 0.2) is 9.34 Å². The summed E-state index contributed by atoms with van der Waals surface area (Å²) in [4.78, 5) is 15.6. The van der Waals surface area contributed by atoms with Crippen molar-refractivity contribution in [3.8, 4) is 0 Å². The lowest BCUT2D eigenvalue weighted by Gasteiger charge is -2.34. The van der Waals surface area contributed by atoms with E-state index in [0.717, 1.165) is 62.0 Å². The molecule has 0 unspecified atom stereocenters. The van der Waals surface area contributed by atoms with Crippen LogP contribution in [0.1, 0.15) is 25.5 Å². The fourth-order valence-corrected chi connectivity index (χ4v) is 7.63. The average molecular weight is 545 g/mol. The minimum atomic E-state index is -3.54. The van der Waals surface area contributed by atoms with Crippen LogP contribution in [0.2, 0.25) is 0 Å². The molecule has 2 saturated heterocycles. The Morgan fingerprint density at radius 2 is 1.84 bits per heavy atom. The number of aromatic nitrogens is 3. The second kappa shape index (κ2) is 10.8. The van der Waals surface area contributed by atoms with Crippen LogP contribution in [0.25, 0.3) is 0 Å². The van der Waals surface area contributed by atoms with Crippen LogP contribution >= 0.6 is 11.3 Å². The number of imidazole rings is 1. The number of hydrogen-bond donors (Lipinski definition) is 1. The molecule has 2 aliphatic heterocycles. The van der Waals surface area contributed by atoms with Crippen LogP contribution in [0.4, 0.5) is 5.13 Å². The molecule has 1 aliphatic carbocycles. The van der Waals surface area contributed by atoms with Crippen LogP contribution in [0.5, 0.6) is 0 Å². The first-order chi connectivity index (χ1) is 17.8. The summed E-state index contributed by atoms with van der Waals surface area (Å²) in [5.41, 5.74) is 2.02. The summed E-state index contributed by atoms with van der Waals surface area (Å²) in [5, 5.41) is 8.13. The predicted molar refractivity (Wildman–Crippen MR) is 147 cm³/mol. The van der Waals surface area contributed by atoms with Crippen molar-refractivity contribution in [2.75, 3.05) is 64.3 Å². The number of nitrogens with one attached hydrogen (secondary N) is 1. The molecule has 10 nitrogen and oxygen atoms in total. The van der Waals surface area contributed by atoms with Gasteiger partial charge < -0.3 is 19.8 Å². The molecule has 2 aromatic rings. The highest BCUT2D eigenvalue weighted by Crippen LogP contribution is 2.45. The molecule has 4 heterocycles. The highest BCUT2D eigenvalue weighted by Gasteiger charge is 2.43. The Hall–Kier alpha value is -2.38. The number of thiazole rings is 1. The third-order valence-electron chi connectivity index (χ3n) is 7.51. The van der Waals surface area contributed by atoms with Crippen LogP contribution in [0.15, 0.2) is 46.7 Å². The Morgan fingerprint density at radius 3 is 2.51 bits per heavy atom. The third kappa shape index (κ3) is 5.73. The molecule has 3 aliphatic rings. The number of hydrogen-bond acceptors (Lipinski definition) is 9. The van der Waals surface area contributed by atoms with E-state index in [0.29, 0.717) is 30.4 Å². The smallest absolute Gasteiger partial charge is 0.254 e. The first-order valence-electron chi connectivity index (χ1n) is 12.8. The molecule has 3 fully saturated rings. The number of rotatable bonds is 9. The van der Waals surface area contributed by atoms with Gasteiger partial charge in [-0.05, 0) is 32.4 Å². The van der Waals surface area contributed by atoms with Crippen molar-refractivity contribution in [2.24, 2.45) is 0 Å². The number of anilines is 1. The molecule has 2 aromatic heterocycles. The van der Waals surface area contributed by atoms with Crippen molar-refractivity contribution >= 4 is 32.7 Å². The first kappa shape index (κ1) is 26.2. The van der Waals surface area contributed by atoms with Gasteiger partial charge in [-0.15, -0.1) is 0 Å². The summed E-state index contributed by atoms with van der Waals surface area (Å²) < 4.78 is 30.9. The van der Waals surface area contributed by atoms with E-state index in [4.69, 9.17) is 5.41 Å². The van der Waals surface area contributed by atoms with Crippen molar-refractivity contribution in [3.05, 3.63) is 48.2 Å². The van der Waals surface area contributed by atoms with E-state index < -0.39 is 10.0 Å². The summed E-state index contributed by atoms with van der Waals surface area (Å²) in [5.74, 6) is 0. The normalized spacial score (nSPS) is 22.1. The molecule has 37 heavy (non-hydrogen) atoms. The van der Waals surface area contributed by atoms with Gasteiger partial charge in [0.05, 0.1) is 23.8 Å². The molecule has 12 heteroatoms. The van der Waals surface area contributed by atoms with Crippen LogP contribution in [-0.2, 0) is 22.1 Å². The van der Waals surface area contributed by atoms with Gasteiger partial charge in [0.2, 0.25) is 0 Å².